The van der Waals surface area contributed by atoms with Crippen molar-refractivity contribution in [3.8, 4) is 0 Å². The summed E-state index contributed by atoms with van der Waals surface area (Å²) in [5.74, 6) is 0.256. The van der Waals surface area contributed by atoms with E-state index in [4.69, 9.17) is 11.5 Å². The maximum atomic E-state index is 13.4. The molecule has 72 valence electrons. The number of rotatable bonds is 3. The molecule has 0 amide bonds. The van der Waals surface area contributed by atoms with Crippen molar-refractivity contribution in [3.63, 3.8) is 0 Å². The molecule has 0 aliphatic rings. The highest BCUT2D eigenvalue weighted by molar-refractivity contribution is 5.42. The summed E-state index contributed by atoms with van der Waals surface area (Å²) < 4.78 is 13.4. The molecule has 1 aromatic heterocycles. The molecule has 0 radical (unpaired) electrons. The summed E-state index contributed by atoms with van der Waals surface area (Å²) in [5.41, 5.74) is 12.1. The molecule has 0 bridgehead atoms. The van der Waals surface area contributed by atoms with Crippen molar-refractivity contribution < 1.29 is 4.39 Å². The summed E-state index contributed by atoms with van der Waals surface area (Å²) >= 11 is 0. The van der Waals surface area contributed by atoms with Gasteiger partial charge in [-0.25, -0.2) is 9.37 Å². The van der Waals surface area contributed by atoms with E-state index in [2.05, 4.69) is 4.98 Å². The van der Waals surface area contributed by atoms with Crippen molar-refractivity contribution in [2.24, 2.45) is 5.73 Å². The number of hydrogen-bond acceptors (Lipinski definition) is 3. The van der Waals surface area contributed by atoms with Crippen molar-refractivity contribution in [1.29, 1.82) is 0 Å². The highest BCUT2D eigenvalue weighted by atomic mass is 19.1. The quantitative estimate of drug-likeness (QED) is 0.743. The van der Waals surface area contributed by atoms with Gasteiger partial charge in [-0.05, 0) is 31.5 Å². The largest absolute Gasteiger partial charge is 0.383 e. The van der Waals surface area contributed by atoms with Gasteiger partial charge < -0.3 is 11.5 Å². The van der Waals surface area contributed by atoms with Crippen LogP contribution in [-0.2, 0) is 0 Å². The van der Waals surface area contributed by atoms with E-state index in [9.17, 15) is 4.39 Å². The van der Waals surface area contributed by atoms with Crippen LogP contribution in [0.3, 0.4) is 0 Å². The zero-order valence-corrected chi connectivity index (χ0v) is 7.63. The molecule has 0 aromatic carbocycles. The minimum atomic E-state index is -1.10. The van der Waals surface area contributed by atoms with Crippen LogP contribution in [0.5, 0.6) is 0 Å². The molecule has 1 unspecified atom stereocenters. The number of nitrogens with two attached hydrogens (primary N) is 2. The van der Waals surface area contributed by atoms with Gasteiger partial charge in [-0.3, -0.25) is 0 Å². The SMILES string of the molecule is Cc1cnc(N)c(C(F)CCN)c1. The van der Waals surface area contributed by atoms with Crippen molar-refractivity contribution in [1.82, 2.24) is 4.98 Å². The first-order valence-electron chi connectivity index (χ1n) is 4.21. The normalized spacial score (nSPS) is 12.8. The first-order valence-corrected chi connectivity index (χ1v) is 4.21. The molecule has 0 saturated heterocycles. The summed E-state index contributed by atoms with van der Waals surface area (Å²) in [6.45, 7) is 2.17. The Kier molecular flexibility index (Phi) is 3.19. The van der Waals surface area contributed by atoms with Crippen LogP contribution in [0.25, 0.3) is 0 Å². The second-order valence-electron chi connectivity index (χ2n) is 3.03. The third-order valence-electron chi connectivity index (χ3n) is 1.84. The number of aromatic nitrogens is 1. The molecule has 1 aromatic rings. The van der Waals surface area contributed by atoms with E-state index < -0.39 is 6.17 Å². The zero-order valence-electron chi connectivity index (χ0n) is 7.63. The van der Waals surface area contributed by atoms with E-state index in [0.29, 0.717) is 12.1 Å². The topological polar surface area (TPSA) is 64.9 Å². The monoisotopic (exact) mass is 183 g/mol. The Labute approximate surface area is 77.0 Å². The lowest BCUT2D eigenvalue weighted by molar-refractivity contribution is 0.328. The van der Waals surface area contributed by atoms with Crippen LogP contribution in [0.4, 0.5) is 10.2 Å². The van der Waals surface area contributed by atoms with Crippen LogP contribution < -0.4 is 11.5 Å². The molecule has 0 aliphatic heterocycles. The number of alkyl halides is 1. The second-order valence-corrected chi connectivity index (χ2v) is 3.03. The van der Waals surface area contributed by atoms with Gasteiger partial charge in [-0.15, -0.1) is 0 Å². The zero-order chi connectivity index (χ0) is 9.84. The number of pyridine rings is 1. The predicted molar refractivity (Wildman–Crippen MR) is 50.9 cm³/mol. The molecule has 0 spiro atoms. The van der Waals surface area contributed by atoms with Gasteiger partial charge in [0.25, 0.3) is 0 Å². The molecule has 4 heteroatoms. The van der Waals surface area contributed by atoms with Crippen LogP contribution in [0.2, 0.25) is 0 Å². The van der Waals surface area contributed by atoms with E-state index in [1.165, 1.54) is 0 Å². The first-order chi connectivity index (χ1) is 6.15. The molecule has 0 aliphatic carbocycles. The standard InChI is InChI=1S/C9H14FN3/c1-6-4-7(8(10)2-3-11)9(12)13-5-6/h4-5,8H,2-3,11H2,1H3,(H2,12,13). The average Bonchev–Trinajstić information content (AvgIpc) is 2.09. The Hall–Kier alpha value is -1.16. The average molecular weight is 183 g/mol. The number of nitrogens with zero attached hydrogens (tertiary/aromatic N) is 1. The molecule has 0 saturated carbocycles. The molecule has 1 rings (SSSR count). The van der Waals surface area contributed by atoms with Gasteiger partial charge in [0.15, 0.2) is 0 Å². The smallest absolute Gasteiger partial charge is 0.130 e. The fourth-order valence-electron chi connectivity index (χ4n) is 1.16. The Balaban J connectivity index is 2.91. The maximum absolute atomic E-state index is 13.4. The van der Waals surface area contributed by atoms with Crippen molar-refractivity contribution >= 4 is 5.82 Å². The fraction of sp³-hybridized carbons (Fsp3) is 0.444. The maximum Gasteiger partial charge on any atom is 0.130 e. The van der Waals surface area contributed by atoms with Gasteiger partial charge in [0.2, 0.25) is 0 Å². The highest BCUT2D eigenvalue weighted by Crippen LogP contribution is 2.25. The second kappa shape index (κ2) is 4.18. The number of aryl methyl sites for hydroxylation is 1. The molecular weight excluding hydrogens is 169 g/mol. The highest BCUT2D eigenvalue weighted by Gasteiger charge is 2.12. The van der Waals surface area contributed by atoms with Gasteiger partial charge in [0.05, 0.1) is 0 Å². The van der Waals surface area contributed by atoms with E-state index in [0.717, 1.165) is 5.56 Å². The third kappa shape index (κ3) is 2.39. The molecule has 4 N–H and O–H groups in total. The summed E-state index contributed by atoms with van der Waals surface area (Å²) in [4.78, 5) is 3.88. The Bertz CT molecular complexity index is 288. The van der Waals surface area contributed by atoms with Gasteiger partial charge in [0.1, 0.15) is 12.0 Å². The van der Waals surface area contributed by atoms with Crippen molar-refractivity contribution in [2.45, 2.75) is 19.5 Å². The summed E-state index contributed by atoms with van der Waals surface area (Å²) in [6, 6.07) is 1.71. The molecule has 1 atom stereocenters. The van der Waals surface area contributed by atoms with Crippen LogP contribution in [0.15, 0.2) is 12.3 Å². The first kappa shape index (κ1) is 9.92. The number of hydrogen-bond donors (Lipinski definition) is 2. The van der Waals surface area contributed by atoms with Gasteiger partial charge in [0, 0.05) is 11.8 Å². The van der Waals surface area contributed by atoms with E-state index in [1.807, 2.05) is 6.92 Å². The molecule has 0 fully saturated rings. The lowest BCUT2D eigenvalue weighted by Crippen LogP contribution is -2.07. The van der Waals surface area contributed by atoms with E-state index in [1.54, 1.807) is 12.3 Å². The Morgan fingerprint density at radius 2 is 2.31 bits per heavy atom. The number of nitrogen functional groups attached to an aromatic ring is 1. The van der Waals surface area contributed by atoms with Crippen molar-refractivity contribution in [2.75, 3.05) is 12.3 Å². The molecule has 13 heavy (non-hydrogen) atoms. The number of halogens is 1. The van der Waals surface area contributed by atoms with Crippen LogP contribution in [0.1, 0.15) is 23.7 Å². The van der Waals surface area contributed by atoms with Crippen LogP contribution in [-0.4, -0.2) is 11.5 Å². The minimum Gasteiger partial charge on any atom is -0.383 e. The summed E-state index contributed by atoms with van der Waals surface area (Å²) in [5, 5.41) is 0. The summed E-state index contributed by atoms with van der Waals surface area (Å²) in [7, 11) is 0. The minimum absolute atomic E-state index is 0.256. The molecule has 1 heterocycles. The van der Waals surface area contributed by atoms with Gasteiger partial charge in [-0.1, -0.05) is 0 Å². The van der Waals surface area contributed by atoms with Gasteiger partial charge >= 0.3 is 0 Å². The van der Waals surface area contributed by atoms with Crippen molar-refractivity contribution in [3.05, 3.63) is 23.4 Å². The van der Waals surface area contributed by atoms with E-state index in [-0.39, 0.29) is 12.2 Å². The number of anilines is 1. The summed E-state index contributed by atoms with van der Waals surface area (Å²) in [6.07, 6.45) is 0.806. The van der Waals surface area contributed by atoms with Gasteiger partial charge in [-0.2, -0.15) is 0 Å². The molecular formula is C9H14FN3. The predicted octanol–water partition coefficient (Wildman–Crippen LogP) is 1.33. The third-order valence-corrected chi connectivity index (χ3v) is 1.84. The van der Waals surface area contributed by atoms with E-state index >= 15 is 0 Å². The van der Waals surface area contributed by atoms with Crippen LogP contribution in [0, 0.1) is 6.92 Å². The lowest BCUT2D eigenvalue weighted by Gasteiger charge is -2.09. The lowest BCUT2D eigenvalue weighted by atomic mass is 10.1. The molecule has 3 nitrogen and oxygen atoms in total. The van der Waals surface area contributed by atoms with Crippen LogP contribution >= 0.6 is 0 Å². The Morgan fingerprint density at radius 1 is 1.62 bits per heavy atom. The fourth-order valence-corrected chi connectivity index (χ4v) is 1.16. The Morgan fingerprint density at radius 3 is 2.92 bits per heavy atom.